The molecule has 3 heterocycles. The van der Waals surface area contributed by atoms with Crippen LogP contribution in [0.25, 0.3) is 0 Å². The number of hydrogen-bond acceptors (Lipinski definition) is 6. The van der Waals surface area contributed by atoms with Crippen LogP contribution in [0.5, 0.6) is 0 Å². The molecule has 1 aliphatic heterocycles. The Morgan fingerprint density at radius 3 is 2.42 bits per heavy atom. The molecule has 2 aromatic rings. The Bertz CT molecular complexity index is 710. The molecule has 7 nitrogen and oxygen atoms in total. The summed E-state index contributed by atoms with van der Waals surface area (Å²) in [5.41, 5.74) is 0.444. The van der Waals surface area contributed by atoms with Gasteiger partial charge in [0.15, 0.2) is 0 Å². The van der Waals surface area contributed by atoms with E-state index in [0.717, 1.165) is 50.7 Å². The summed E-state index contributed by atoms with van der Waals surface area (Å²) in [5, 5.41) is 2.96. The summed E-state index contributed by atoms with van der Waals surface area (Å²) in [6.07, 6.45) is 5.43. The van der Waals surface area contributed by atoms with Crippen LogP contribution in [0.2, 0.25) is 0 Å². The van der Waals surface area contributed by atoms with E-state index in [4.69, 9.17) is 0 Å². The third-order valence-electron chi connectivity index (χ3n) is 4.37. The number of amides is 1. The van der Waals surface area contributed by atoms with Crippen molar-refractivity contribution in [2.75, 3.05) is 36.0 Å². The molecule has 124 valence electrons. The number of aromatic nitrogens is 3. The maximum Gasteiger partial charge on any atom is 0.270 e. The van der Waals surface area contributed by atoms with Gasteiger partial charge in [0, 0.05) is 44.5 Å². The second-order valence-corrected chi connectivity index (χ2v) is 6.17. The fraction of sp³-hybridized carbons (Fsp3) is 0.412. The molecule has 1 aliphatic carbocycles. The van der Waals surface area contributed by atoms with Gasteiger partial charge in [-0.2, -0.15) is 0 Å². The van der Waals surface area contributed by atoms with E-state index in [0.29, 0.717) is 11.7 Å². The first kappa shape index (κ1) is 14.9. The van der Waals surface area contributed by atoms with Crippen LogP contribution in [0.3, 0.4) is 0 Å². The highest BCUT2D eigenvalue weighted by atomic mass is 16.2. The first-order valence-electron chi connectivity index (χ1n) is 8.33. The molecule has 7 heteroatoms. The van der Waals surface area contributed by atoms with E-state index in [1.165, 1.54) is 6.33 Å². The number of piperazine rings is 1. The van der Waals surface area contributed by atoms with Crippen LogP contribution in [-0.4, -0.2) is 53.1 Å². The van der Waals surface area contributed by atoms with E-state index in [1.807, 2.05) is 24.4 Å². The molecule has 1 saturated carbocycles. The number of rotatable bonds is 4. The molecule has 0 unspecified atom stereocenters. The van der Waals surface area contributed by atoms with Gasteiger partial charge in [-0.15, -0.1) is 0 Å². The fourth-order valence-corrected chi connectivity index (χ4v) is 2.84. The zero-order valence-electron chi connectivity index (χ0n) is 13.4. The topological polar surface area (TPSA) is 74.2 Å². The van der Waals surface area contributed by atoms with E-state index >= 15 is 0 Å². The molecule has 0 atom stereocenters. The number of carbonyl (C=O) groups excluding carboxylic acids is 1. The molecule has 2 aliphatic rings. The van der Waals surface area contributed by atoms with Crippen molar-refractivity contribution >= 4 is 17.5 Å². The monoisotopic (exact) mass is 324 g/mol. The lowest BCUT2D eigenvalue weighted by atomic mass is 10.2. The van der Waals surface area contributed by atoms with Crippen molar-refractivity contribution in [3.8, 4) is 0 Å². The van der Waals surface area contributed by atoms with E-state index in [1.54, 1.807) is 6.07 Å². The second kappa shape index (κ2) is 6.43. The number of carbonyl (C=O) groups is 1. The summed E-state index contributed by atoms with van der Waals surface area (Å²) in [6, 6.07) is 8.07. The predicted octanol–water partition coefficient (Wildman–Crippen LogP) is 1.09. The molecular formula is C17H20N6O. The van der Waals surface area contributed by atoms with Crippen molar-refractivity contribution in [3.63, 3.8) is 0 Å². The van der Waals surface area contributed by atoms with Crippen LogP contribution >= 0.6 is 0 Å². The first-order valence-corrected chi connectivity index (χ1v) is 8.33. The smallest absolute Gasteiger partial charge is 0.270 e. The van der Waals surface area contributed by atoms with Crippen molar-refractivity contribution < 1.29 is 4.79 Å². The average Bonchev–Trinajstić information content (AvgIpc) is 3.47. The van der Waals surface area contributed by atoms with Gasteiger partial charge in [-0.3, -0.25) is 4.79 Å². The Balaban J connectivity index is 1.41. The number of hydrogen-bond donors (Lipinski definition) is 1. The van der Waals surface area contributed by atoms with Crippen LogP contribution in [0.15, 0.2) is 36.8 Å². The number of nitrogens with zero attached hydrogens (tertiary/aromatic N) is 5. The molecule has 0 radical (unpaired) electrons. The van der Waals surface area contributed by atoms with E-state index in [2.05, 4.69) is 30.1 Å². The SMILES string of the molecule is O=C(NC1CC1)c1cc(N2CCN(c3ccccn3)CC2)ncn1. The van der Waals surface area contributed by atoms with Crippen molar-refractivity contribution in [1.82, 2.24) is 20.3 Å². The van der Waals surface area contributed by atoms with Gasteiger partial charge in [-0.1, -0.05) is 6.07 Å². The molecule has 0 aromatic carbocycles. The molecule has 0 spiro atoms. The van der Waals surface area contributed by atoms with Gasteiger partial charge in [-0.25, -0.2) is 15.0 Å². The molecule has 2 aromatic heterocycles. The van der Waals surface area contributed by atoms with Crippen molar-refractivity contribution in [3.05, 3.63) is 42.5 Å². The van der Waals surface area contributed by atoms with E-state index < -0.39 is 0 Å². The van der Waals surface area contributed by atoms with Gasteiger partial charge in [-0.05, 0) is 25.0 Å². The normalized spacial score (nSPS) is 17.7. The number of nitrogens with one attached hydrogen (secondary N) is 1. The van der Waals surface area contributed by atoms with Gasteiger partial charge in [0.05, 0.1) is 0 Å². The van der Waals surface area contributed by atoms with E-state index in [-0.39, 0.29) is 5.91 Å². The Hall–Kier alpha value is -2.70. The Morgan fingerprint density at radius 1 is 1.00 bits per heavy atom. The fourth-order valence-electron chi connectivity index (χ4n) is 2.84. The minimum absolute atomic E-state index is 0.103. The maximum absolute atomic E-state index is 12.1. The van der Waals surface area contributed by atoms with Crippen molar-refractivity contribution in [1.29, 1.82) is 0 Å². The highest BCUT2D eigenvalue weighted by molar-refractivity contribution is 5.93. The minimum Gasteiger partial charge on any atom is -0.353 e. The summed E-state index contributed by atoms with van der Waals surface area (Å²) in [5.74, 6) is 1.71. The van der Waals surface area contributed by atoms with Crippen LogP contribution in [0.4, 0.5) is 11.6 Å². The third-order valence-corrected chi connectivity index (χ3v) is 4.37. The molecule has 24 heavy (non-hydrogen) atoms. The molecular weight excluding hydrogens is 304 g/mol. The predicted molar refractivity (Wildman–Crippen MR) is 91.2 cm³/mol. The zero-order chi connectivity index (χ0) is 16.4. The first-order chi connectivity index (χ1) is 11.8. The van der Waals surface area contributed by atoms with Gasteiger partial charge in [0.2, 0.25) is 0 Å². The van der Waals surface area contributed by atoms with Crippen LogP contribution < -0.4 is 15.1 Å². The Kier molecular flexibility index (Phi) is 3.98. The summed E-state index contributed by atoms with van der Waals surface area (Å²) in [7, 11) is 0. The second-order valence-electron chi connectivity index (χ2n) is 6.17. The molecule has 0 bridgehead atoms. The highest BCUT2D eigenvalue weighted by Crippen LogP contribution is 2.20. The number of anilines is 2. The van der Waals surface area contributed by atoms with Crippen molar-refractivity contribution in [2.24, 2.45) is 0 Å². The largest absolute Gasteiger partial charge is 0.353 e. The molecule has 2 fully saturated rings. The Labute approximate surface area is 140 Å². The Morgan fingerprint density at radius 2 is 1.75 bits per heavy atom. The molecule has 1 N–H and O–H groups in total. The summed E-state index contributed by atoms with van der Waals surface area (Å²) in [6.45, 7) is 3.45. The average molecular weight is 324 g/mol. The lowest BCUT2D eigenvalue weighted by molar-refractivity contribution is 0.0946. The highest BCUT2D eigenvalue weighted by Gasteiger charge is 2.25. The van der Waals surface area contributed by atoms with Gasteiger partial charge in [0.25, 0.3) is 5.91 Å². The summed E-state index contributed by atoms with van der Waals surface area (Å²) < 4.78 is 0. The third kappa shape index (κ3) is 3.29. The van der Waals surface area contributed by atoms with Gasteiger partial charge < -0.3 is 15.1 Å². The van der Waals surface area contributed by atoms with Gasteiger partial charge in [0.1, 0.15) is 23.7 Å². The quantitative estimate of drug-likeness (QED) is 0.907. The molecule has 1 saturated heterocycles. The number of pyridine rings is 1. The maximum atomic E-state index is 12.1. The van der Waals surface area contributed by atoms with Crippen LogP contribution in [-0.2, 0) is 0 Å². The van der Waals surface area contributed by atoms with Crippen LogP contribution in [0, 0.1) is 0 Å². The summed E-state index contributed by atoms with van der Waals surface area (Å²) in [4.78, 5) is 29.4. The lowest BCUT2D eigenvalue weighted by Gasteiger charge is -2.36. The van der Waals surface area contributed by atoms with Crippen LogP contribution in [0.1, 0.15) is 23.3 Å². The van der Waals surface area contributed by atoms with Crippen molar-refractivity contribution in [2.45, 2.75) is 18.9 Å². The summed E-state index contributed by atoms with van der Waals surface area (Å²) >= 11 is 0. The van der Waals surface area contributed by atoms with Gasteiger partial charge >= 0.3 is 0 Å². The zero-order valence-corrected chi connectivity index (χ0v) is 13.4. The van der Waals surface area contributed by atoms with E-state index in [9.17, 15) is 4.79 Å². The molecule has 1 amide bonds. The molecule has 4 rings (SSSR count). The lowest BCUT2D eigenvalue weighted by Crippen LogP contribution is -2.47. The standard InChI is InChI=1S/C17H20N6O/c24-17(21-13-4-5-13)14-11-16(20-12-19-14)23-9-7-22(8-10-23)15-3-1-2-6-18-15/h1-3,6,11-13H,4-5,7-10H2,(H,21,24). The minimum atomic E-state index is -0.103.